The zero-order valence-corrected chi connectivity index (χ0v) is 14.4. The van der Waals surface area contributed by atoms with Crippen LogP contribution < -0.4 is 10.2 Å². The normalized spacial score (nSPS) is 18.6. The van der Waals surface area contributed by atoms with Gasteiger partial charge in [-0.1, -0.05) is 30.3 Å². The second-order valence-corrected chi connectivity index (χ2v) is 6.92. The summed E-state index contributed by atoms with van der Waals surface area (Å²) in [6.07, 6.45) is 1.53. The summed E-state index contributed by atoms with van der Waals surface area (Å²) in [7, 11) is -0.639. The molecule has 126 valence electrons. The highest BCUT2D eigenvalue weighted by atomic mass is 19.1. The van der Waals surface area contributed by atoms with Crippen LogP contribution in [0, 0.1) is 5.82 Å². The van der Waals surface area contributed by atoms with Gasteiger partial charge in [-0.05, 0) is 39.3 Å². The molecule has 6 heteroatoms. The second kappa shape index (κ2) is 6.18. The van der Waals surface area contributed by atoms with Crippen molar-refractivity contribution in [3.8, 4) is 5.88 Å². The van der Waals surface area contributed by atoms with E-state index in [9.17, 15) is 4.39 Å². The summed E-state index contributed by atoms with van der Waals surface area (Å²) in [5, 5.41) is 0. The molecule has 1 saturated heterocycles. The van der Waals surface area contributed by atoms with E-state index in [4.69, 9.17) is 14.0 Å². The van der Waals surface area contributed by atoms with Gasteiger partial charge in [0.1, 0.15) is 6.61 Å². The molecular formula is C18H21BFNO3. The molecule has 1 fully saturated rings. The van der Waals surface area contributed by atoms with Crippen molar-refractivity contribution in [3.63, 3.8) is 0 Å². The third-order valence-electron chi connectivity index (χ3n) is 4.57. The fraction of sp³-hybridized carbons (Fsp3) is 0.389. The summed E-state index contributed by atoms with van der Waals surface area (Å²) >= 11 is 0. The van der Waals surface area contributed by atoms with Gasteiger partial charge in [0.15, 0.2) is 5.82 Å². The Balaban J connectivity index is 1.71. The summed E-state index contributed by atoms with van der Waals surface area (Å²) in [4.78, 5) is 4.08. The molecular weight excluding hydrogens is 308 g/mol. The van der Waals surface area contributed by atoms with Crippen LogP contribution in [0.1, 0.15) is 33.3 Å². The van der Waals surface area contributed by atoms with Crippen LogP contribution in [0.3, 0.4) is 0 Å². The van der Waals surface area contributed by atoms with E-state index in [1.165, 1.54) is 12.3 Å². The average Bonchev–Trinajstić information content (AvgIpc) is 2.75. The first-order chi connectivity index (χ1) is 11.3. The fourth-order valence-electron chi connectivity index (χ4n) is 2.38. The molecule has 0 spiro atoms. The number of aromatic nitrogens is 1. The van der Waals surface area contributed by atoms with E-state index in [1.54, 1.807) is 0 Å². The third kappa shape index (κ3) is 3.30. The van der Waals surface area contributed by atoms with Gasteiger partial charge in [0.2, 0.25) is 0 Å². The number of hydrogen-bond donors (Lipinski definition) is 0. The van der Waals surface area contributed by atoms with E-state index in [0.29, 0.717) is 5.46 Å². The predicted octanol–water partition coefficient (Wildman–Crippen LogP) is 3.10. The van der Waals surface area contributed by atoms with Crippen molar-refractivity contribution >= 4 is 12.6 Å². The number of ether oxygens (including phenoxy) is 1. The van der Waals surface area contributed by atoms with Crippen molar-refractivity contribution < 1.29 is 18.4 Å². The summed E-state index contributed by atoms with van der Waals surface area (Å²) in [5.41, 5.74) is 0.541. The number of halogens is 1. The van der Waals surface area contributed by atoms with Crippen LogP contribution in [0.2, 0.25) is 0 Å². The van der Waals surface area contributed by atoms with E-state index in [2.05, 4.69) is 4.98 Å². The highest BCUT2D eigenvalue weighted by molar-refractivity contribution is 6.62. The van der Waals surface area contributed by atoms with Gasteiger partial charge in [-0.25, -0.2) is 9.37 Å². The molecule has 0 bridgehead atoms. The summed E-state index contributed by atoms with van der Waals surface area (Å²) in [5.74, 6) is -0.558. The first-order valence-electron chi connectivity index (χ1n) is 7.96. The van der Waals surface area contributed by atoms with E-state index in [1.807, 2.05) is 58.0 Å². The minimum Gasteiger partial charge on any atom is -0.471 e. The number of benzene rings is 1. The Morgan fingerprint density at radius 1 is 1.08 bits per heavy atom. The summed E-state index contributed by atoms with van der Waals surface area (Å²) in [6, 6.07) is 10.9. The van der Waals surface area contributed by atoms with E-state index < -0.39 is 24.1 Å². The molecule has 0 atom stereocenters. The maximum absolute atomic E-state index is 14.3. The highest BCUT2D eigenvalue weighted by Crippen LogP contribution is 2.36. The molecule has 0 unspecified atom stereocenters. The van der Waals surface area contributed by atoms with Crippen LogP contribution in [0.15, 0.2) is 42.6 Å². The van der Waals surface area contributed by atoms with Crippen molar-refractivity contribution in [2.45, 2.75) is 45.5 Å². The number of nitrogens with zero attached hydrogens (tertiary/aromatic N) is 1. The second-order valence-electron chi connectivity index (χ2n) is 6.92. The molecule has 1 aromatic heterocycles. The molecule has 0 saturated carbocycles. The Labute approximate surface area is 142 Å². The lowest BCUT2D eigenvalue weighted by atomic mass is 9.80. The quantitative estimate of drug-likeness (QED) is 0.808. The maximum atomic E-state index is 14.3. The minimum absolute atomic E-state index is 0.0286. The van der Waals surface area contributed by atoms with E-state index >= 15 is 0 Å². The third-order valence-corrected chi connectivity index (χ3v) is 4.57. The molecule has 0 N–H and O–H groups in total. The topological polar surface area (TPSA) is 40.6 Å². The van der Waals surface area contributed by atoms with Gasteiger partial charge in [0.05, 0.1) is 11.2 Å². The zero-order chi connectivity index (χ0) is 17.4. The summed E-state index contributed by atoms with van der Waals surface area (Å²) < 4.78 is 31.6. The summed E-state index contributed by atoms with van der Waals surface area (Å²) in [6.45, 7) is 8.07. The average molecular weight is 329 g/mol. The molecule has 24 heavy (non-hydrogen) atoms. The predicted molar refractivity (Wildman–Crippen MR) is 90.7 cm³/mol. The van der Waals surface area contributed by atoms with Gasteiger partial charge < -0.3 is 14.0 Å². The van der Waals surface area contributed by atoms with Crippen LogP contribution in [0.4, 0.5) is 4.39 Å². The standard InChI is InChI=1S/C18H21BFNO3/c1-17(2)18(3,4)24-19(23-17)14-10-15(20)16(21-11-14)22-12-13-8-6-5-7-9-13/h5-11H,12H2,1-4H3. The number of rotatable bonds is 4. The first-order valence-corrected chi connectivity index (χ1v) is 7.96. The Kier molecular flexibility index (Phi) is 4.36. The monoisotopic (exact) mass is 329 g/mol. The van der Waals surface area contributed by atoms with Gasteiger partial charge >= 0.3 is 7.12 Å². The largest absolute Gasteiger partial charge is 0.496 e. The minimum atomic E-state index is -0.639. The van der Waals surface area contributed by atoms with Crippen molar-refractivity contribution in [2.24, 2.45) is 0 Å². The lowest BCUT2D eigenvalue weighted by molar-refractivity contribution is 0.00578. The zero-order valence-electron chi connectivity index (χ0n) is 14.4. The molecule has 0 radical (unpaired) electrons. The van der Waals surface area contributed by atoms with Gasteiger partial charge in [0, 0.05) is 11.7 Å². The van der Waals surface area contributed by atoms with Gasteiger partial charge in [-0.15, -0.1) is 0 Å². The van der Waals surface area contributed by atoms with Crippen LogP contribution in [-0.4, -0.2) is 23.3 Å². The van der Waals surface area contributed by atoms with Gasteiger partial charge in [-0.3, -0.25) is 0 Å². The molecule has 1 aliphatic rings. The molecule has 3 rings (SSSR count). The molecule has 2 heterocycles. The lowest BCUT2D eigenvalue weighted by Gasteiger charge is -2.32. The molecule has 1 aliphatic heterocycles. The first kappa shape index (κ1) is 16.9. The van der Waals surface area contributed by atoms with Crippen LogP contribution in [-0.2, 0) is 15.9 Å². The molecule has 0 aliphatic carbocycles. The molecule has 2 aromatic rings. The van der Waals surface area contributed by atoms with E-state index in [0.717, 1.165) is 5.56 Å². The van der Waals surface area contributed by atoms with Crippen LogP contribution >= 0.6 is 0 Å². The van der Waals surface area contributed by atoms with Gasteiger partial charge in [0.25, 0.3) is 5.88 Å². The van der Waals surface area contributed by atoms with Crippen molar-refractivity contribution in [1.29, 1.82) is 0 Å². The molecule has 1 aromatic carbocycles. The lowest BCUT2D eigenvalue weighted by Crippen LogP contribution is -2.41. The van der Waals surface area contributed by atoms with Crippen molar-refractivity contribution in [1.82, 2.24) is 4.98 Å². The number of pyridine rings is 1. The Hall–Kier alpha value is -1.92. The van der Waals surface area contributed by atoms with Crippen LogP contribution in [0.5, 0.6) is 5.88 Å². The van der Waals surface area contributed by atoms with E-state index in [-0.39, 0.29) is 12.5 Å². The molecule has 0 amide bonds. The maximum Gasteiger partial charge on any atom is 0.496 e. The van der Waals surface area contributed by atoms with Crippen molar-refractivity contribution in [2.75, 3.05) is 0 Å². The fourth-order valence-corrected chi connectivity index (χ4v) is 2.38. The Bertz CT molecular complexity index is 705. The Morgan fingerprint density at radius 2 is 1.71 bits per heavy atom. The highest BCUT2D eigenvalue weighted by Gasteiger charge is 2.51. The smallest absolute Gasteiger partial charge is 0.471 e. The SMILES string of the molecule is CC1(C)OB(c2cnc(OCc3ccccc3)c(F)c2)OC1(C)C. The van der Waals surface area contributed by atoms with Crippen molar-refractivity contribution in [3.05, 3.63) is 54.0 Å². The molecule has 4 nitrogen and oxygen atoms in total. The van der Waals surface area contributed by atoms with Crippen LogP contribution in [0.25, 0.3) is 0 Å². The number of hydrogen-bond acceptors (Lipinski definition) is 4. The van der Waals surface area contributed by atoms with Gasteiger partial charge in [-0.2, -0.15) is 0 Å². The Morgan fingerprint density at radius 3 is 2.29 bits per heavy atom.